The molecule has 0 fully saturated rings. The number of nitrogens with zero attached hydrogens (tertiary/aromatic N) is 1. The number of anilines is 1. The zero-order valence-electron chi connectivity index (χ0n) is 11.6. The number of amides is 1. The molecule has 1 aromatic rings. The Morgan fingerprint density at radius 1 is 1.45 bits per heavy atom. The van der Waals surface area contributed by atoms with Crippen molar-refractivity contribution in [2.75, 3.05) is 26.4 Å². The molecule has 0 radical (unpaired) electrons. The monoisotopic (exact) mass is 363 g/mol. The molecule has 0 aliphatic heterocycles. The lowest BCUT2D eigenvalue weighted by Crippen LogP contribution is -2.32. The van der Waals surface area contributed by atoms with Crippen LogP contribution in [0, 0.1) is 6.92 Å². The van der Waals surface area contributed by atoms with Crippen LogP contribution in [-0.4, -0.2) is 39.3 Å². The number of nitrogen functional groups attached to an aromatic ring is 1. The molecule has 0 unspecified atom stereocenters. The van der Waals surface area contributed by atoms with Crippen LogP contribution < -0.4 is 11.1 Å². The molecular weight excluding hydrogens is 346 g/mol. The second-order valence-electron chi connectivity index (χ2n) is 4.37. The Hall–Kier alpha value is -1.12. The van der Waals surface area contributed by atoms with Crippen LogP contribution >= 0.6 is 15.9 Å². The third kappa shape index (κ3) is 3.71. The maximum Gasteiger partial charge on any atom is 0.243 e. The van der Waals surface area contributed by atoms with Gasteiger partial charge >= 0.3 is 0 Å². The lowest BCUT2D eigenvalue weighted by molar-refractivity contribution is -0.120. The zero-order valence-corrected chi connectivity index (χ0v) is 14.0. The average Bonchev–Trinajstić information content (AvgIpc) is 2.39. The van der Waals surface area contributed by atoms with Crippen molar-refractivity contribution in [1.82, 2.24) is 9.62 Å². The Morgan fingerprint density at radius 3 is 2.60 bits per heavy atom. The normalized spacial score (nSPS) is 11.7. The van der Waals surface area contributed by atoms with Gasteiger partial charge in [0.2, 0.25) is 15.9 Å². The number of nitrogens with one attached hydrogen (secondary N) is 1. The van der Waals surface area contributed by atoms with Gasteiger partial charge in [0.25, 0.3) is 0 Å². The SMILES string of the molecule is CNC(=O)CCN(C)S(=O)(=O)c1cc(Br)cc(N)c1C. The molecule has 112 valence electrons. The Bertz CT molecular complexity index is 617. The minimum absolute atomic E-state index is 0.105. The summed E-state index contributed by atoms with van der Waals surface area (Å²) in [6.45, 7) is 1.76. The van der Waals surface area contributed by atoms with E-state index in [2.05, 4.69) is 21.2 Å². The molecular formula is C12H18BrN3O3S. The molecule has 8 heteroatoms. The number of hydrogen-bond donors (Lipinski definition) is 2. The third-order valence-corrected chi connectivity index (χ3v) is 5.43. The summed E-state index contributed by atoms with van der Waals surface area (Å²) in [5, 5.41) is 2.45. The topological polar surface area (TPSA) is 92.5 Å². The summed E-state index contributed by atoms with van der Waals surface area (Å²) in [7, 11) is -0.726. The molecule has 1 aromatic carbocycles. The summed E-state index contributed by atoms with van der Waals surface area (Å²) in [4.78, 5) is 11.3. The summed E-state index contributed by atoms with van der Waals surface area (Å²) in [5.41, 5.74) is 6.69. The van der Waals surface area contributed by atoms with E-state index in [1.165, 1.54) is 20.2 Å². The number of carbonyl (C=O) groups is 1. The van der Waals surface area contributed by atoms with Crippen LogP contribution in [0.4, 0.5) is 5.69 Å². The Morgan fingerprint density at radius 2 is 2.05 bits per heavy atom. The van der Waals surface area contributed by atoms with E-state index in [-0.39, 0.29) is 23.8 Å². The highest BCUT2D eigenvalue weighted by atomic mass is 79.9. The van der Waals surface area contributed by atoms with E-state index in [9.17, 15) is 13.2 Å². The summed E-state index contributed by atoms with van der Waals surface area (Å²) in [6, 6.07) is 3.16. The lowest BCUT2D eigenvalue weighted by atomic mass is 10.2. The van der Waals surface area contributed by atoms with Gasteiger partial charge in [-0.15, -0.1) is 0 Å². The molecule has 3 N–H and O–H groups in total. The second-order valence-corrected chi connectivity index (χ2v) is 7.30. The highest BCUT2D eigenvalue weighted by Gasteiger charge is 2.24. The Balaban J connectivity index is 3.08. The quantitative estimate of drug-likeness (QED) is 0.766. The van der Waals surface area contributed by atoms with Crippen molar-refractivity contribution in [2.24, 2.45) is 0 Å². The molecule has 0 aliphatic rings. The van der Waals surface area contributed by atoms with E-state index in [4.69, 9.17) is 5.73 Å². The summed E-state index contributed by atoms with van der Waals surface area (Å²) in [6.07, 6.45) is 0.106. The van der Waals surface area contributed by atoms with Crippen LogP contribution in [0.1, 0.15) is 12.0 Å². The average molecular weight is 364 g/mol. The highest BCUT2D eigenvalue weighted by molar-refractivity contribution is 9.10. The molecule has 0 bridgehead atoms. The molecule has 0 saturated carbocycles. The third-order valence-electron chi connectivity index (χ3n) is 2.99. The van der Waals surface area contributed by atoms with Gasteiger partial charge in [0.05, 0.1) is 4.90 Å². The van der Waals surface area contributed by atoms with Crippen LogP contribution in [0.3, 0.4) is 0 Å². The van der Waals surface area contributed by atoms with Crippen LogP contribution in [0.15, 0.2) is 21.5 Å². The molecule has 1 amide bonds. The number of carbonyl (C=O) groups excluding carboxylic acids is 1. The minimum atomic E-state index is -3.68. The predicted octanol–water partition coefficient (Wildman–Crippen LogP) is 1.10. The molecule has 20 heavy (non-hydrogen) atoms. The number of rotatable bonds is 5. The van der Waals surface area contributed by atoms with Gasteiger partial charge in [0, 0.05) is 37.2 Å². The van der Waals surface area contributed by atoms with Gasteiger partial charge in [-0.1, -0.05) is 15.9 Å². The molecule has 0 spiro atoms. The molecule has 0 aromatic heterocycles. The van der Waals surface area contributed by atoms with Gasteiger partial charge in [-0.2, -0.15) is 0 Å². The summed E-state index contributed by atoms with van der Waals surface area (Å²) in [5.74, 6) is -0.211. The fourth-order valence-corrected chi connectivity index (χ4v) is 3.69. The second kappa shape index (κ2) is 6.55. The summed E-state index contributed by atoms with van der Waals surface area (Å²) < 4.78 is 26.7. The lowest BCUT2D eigenvalue weighted by Gasteiger charge is -2.19. The molecule has 1 rings (SSSR count). The first-order valence-corrected chi connectivity index (χ1v) is 8.16. The molecule has 0 saturated heterocycles. The van der Waals surface area contributed by atoms with Gasteiger partial charge < -0.3 is 11.1 Å². The van der Waals surface area contributed by atoms with E-state index >= 15 is 0 Å². The zero-order chi connectivity index (χ0) is 15.5. The van der Waals surface area contributed by atoms with Crippen LogP contribution in [0.5, 0.6) is 0 Å². The number of hydrogen-bond acceptors (Lipinski definition) is 4. The standard InChI is InChI=1S/C12H18BrN3O3S/c1-8-10(14)6-9(13)7-11(8)20(18,19)16(3)5-4-12(17)15-2/h6-7H,4-5,14H2,1-3H3,(H,15,17). The van der Waals surface area contributed by atoms with Crippen molar-refractivity contribution in [3.63, 3.8) is 0 Å². The van der Waals surface area contributed by atoms with Crippen molar-refractivity contribution < 1.29 is 13.2 Å². The van der Waals surface area contributed by atoms with E-state index in [1.54, 1.807) is 13.0 Å². The predicted molar refractivity (Wildman–Crippen MR) is 81.8 cm³/mol. The summed E-state index contributed by atoms with van der Waals surface area (Å²) >= 11 is 3.24. The van der Waals surface area contributed by atoms with Crippen LogP contribution in [0.2, 0.25) is 0 Å². The number of sulfonamides is 1. The van der Waals surface area contributed by atoms with Crippen molar-refractivity contribution in [3.05, 3.63) is 22.2 Å². The van der Waals surface area contributed by atoms with Crippen molar-refractivity contribution in [3.8, 4) is 0 Å². The maximum atomic E-state index is 12.5. The van der Waals surface area contributed by atoms with Crippen LogP contribution in [-0.2, 0) is 14.8 Å². The van der Waals surface area contributed by atoms with Gasteiger partial charge in [0.15, 0.2) is 0 Å². The first-order chi connectivity index (χ1) is 9.20. The first kappa shape index (κ1) is 16.9. The van der Waals surface area contributed by atoms with Gasteiger partial charge in [-0.25, -0.2) is 12.7 Å². The van der Waals surface area contributed by atoms with Gasteiger partial charge in [-0.05, 0) is 24.6 Å². The Kier molecular flexibility index (Phi) is 5.55. The van der Waals surface area contributed by atoms with Crippen molar-refractivity contribution in [2.45, 2.75) is 18.2 Å². The highest BCUT2D eigenvalue weighted by Crippen LogP contribution is 2.28. The van der Waals surface area contributed by atoms with Crippen molar-refractivity contribution >= 4 is 37.5 Å². The van der Waals surface area contributed by atoms with E-state index < -0.39 is 10.0 Å². The van der Waals surface area contributed by atoms with Crippen molar-refractivity contribution in [1.29, 1.82) is 0 Å². The van der Waals surface area contributed by atoms with Gasteiger partial charge in [0.1, 0.15) is 0 Å². The molecule has 6 nitrogen and oxygen atoms in total. The molecule has 0 aliphatic carbocycles. The van der Waals surface area contributed by atoms with E-state index in [0.717, 1.165) is 4.31 Å². The number of benzene rings is 1. The first-order valence-electron chi connectivity index (χ1n) is 5.92. The van der Waals surface area contributed by atoms with Crippen LogP contribution in [0.25, 0.3) is 0 Å². The minimum Gasteiger partial charge on any atom is -0.398 e. The number of halogens is 1. The maximum absolute atomic E-state index is 12.5. The van der Waals surface area contributed by atoms with E-state index in [0.29, 0.717) is 15.7 Å². The largest absolute Gasteiger partial charge is 0.398 e. The molecule has 0 atom stereocenters. The molecule has 0 heterocycles. The smallest absolute Gasteiger partial charge is 0.243 e. The Labute approximate surface area is 127 Å². The van der Waals surface area contributed by atoms with E-state index in [1.807, 2.05) is 0 Å². The number of nitrogens with two attached hydrogens (primary N) is 1. The fraction of sp³-hybridized carbons (Fsp3) is 0.417. The van der Waals surface area contributed by atoms with Gasteiger partial charge in [-0.3, -0.25) is 4.79 Å². The fourth-order valence-electron chi connectivity index (χ4n) is 1.61.